The molecule has 2 aromatic rings. The molecular formula is C14H15FO2. The first kappa shape index (κ1) is 10.8. The third-order valence-electron chi connectivity index (χ3n) is 3.65. The highest BCUT2D eigenvalue weighted by Crippen LogP contribution is 2.43. The van der Waals surface area contributed by atoms with E-state index in [0.29, 0.717) is 22.6 Å². The molecule has 0 aliphatic heterocycles. The monoisotopic (exact) mass is 234 g/mol. The smallest absolute Gasteiger partial charge is 0.134 e. The van der Waals surface area contributed by atoms with E-state index in [1.54, 1.807) is 12.1 Å². The Morgan fingerprint density at radius 2 is 2.12 bits per heavy atom. The first-order valence-corrected chi connectivity index (χ1v) is 6.02. The van der Waals surface area contributed by atoms with Crippen molar-refractivity contribution in [1.82, 2.24) is 0 Å². The zero-order valence-corrected chi connectivity index (χ0v) is 9.69. The Morgan fingerprint density at radius 3 is 2.82 bits per heavy atom. The van der Waals surface area contributed by atoms with Crippen LogP contribution in [-0.2, 0) is 0 Å². The van der Waals surface area contributed by atoms with Gasteiger partial charge in [0.15, 0.2) is 0 Å². The van der Waals surface area contributed by atoms with E-state index in [2.05, 4.69) is 0 Å². The van der Waals surface area contributed by atoms with Gasteiger partial charge in [0.05, 0.1) is 0 Å². The van der Waals surface area contributed by atoms with Gasteiger partial charge in [0.25, 0.3) is 0 Å². The van der Waals surface area contributed by atoms with Crippen molar-refractivity contribution in [1.29, 1.82) is 0 Å². The fraction of sp³-hybridized carbons (Fsp3) is 0.429. The van der Waals surface area contributed by atoms with E-state index in [9.17, 15) is 9.50 Å². The maximum atomic E-state index is 13.0. The summed E-state index contributed by atoms with van der Waals surface area (Å²) in [6.07, 6.45) is 1.79. The summed E-state index contributed by atoms with van der Waals surface area (Å²) in [5.41, 5.74) is 0.628. The van der Waals surface area contributed by atoms with Crippen LogP contribution < -0.4 is 0 Å². The Morgan fingerprint density at radius 1 is 1.35 bits per heavy atom. The molecule has 1 aromatic heterocycles. The maximum absolute atomic E-state index is 13.0. The Bertz CT molecular complexity index is 542. The van der Waals surface area contributed by atoms with E-state index in [4.69, 9.17) is 4.42 Å². The van der Waals surface area contributed by atoms with Crippen LogP contribution in [0.5, 0.6) is 0 Å². The number of aliphatic hydroxyl groups is 1. The van der Waals surface area contributed by atoms with Crippen molar-refractivity contribution in [3.8, 4) is 0 Å². The molecular weight excluding hydrogens is 219 g/mol. The van der Waals surface area contributed by atoms with E-state index >= 15 is 0 Å². The summed E-state index contributed by atoms with van der Waals surface area (Å²) in [4.78, 5) is 0. The third kappa shape index (κ3) is 1.95. The standard InChI is InChI=1S/C14H15FO2/c1-8(9-2-3-9)14(16)13-7-10-6-11(15)4-5-12(10)17-13/h4-9,14,16H,2-3H2,1H3. The normalized spacial score (nSPS) is 19.5. The minimum atomic E-state index is -0.585. The largest absolute Gasteiger partial charge is 0.458 e. The fourth-order valence-corrected chi connectivity index (χ4v) is 2.32. The summed E-state index contributed by atoms with van der Waals surface area (Å²) >= 11 is 0. The summed E-state index contributed by atoms with van der Waals surface area (Å²) in [7, 11) is 0. The molecule has 1 aliphatic carbocycles. The Hall–Kier alpha value is -1.35. The van der Waals surface area contributed by atoms with Crippen LogP contribution in [0.15, 0.2) is 28.7 Å². The van der Waals surface area contributed by atoms with Gasteiger partial charge in [0.1, 0.15) is 23.3 Å². The van der Waals surface area contributed by atoms with Gasteiger partial charge in [0, 0.05) is 5.39 Å². The van der Waals surface area contributed by atoms with Gasteiger partial charge >= 0.3 is 0 Å². The summed E-state index contributed by atoms with van der Waals surface area (Å²) in [5, 5.41) is 10.9. The van der Waals surface area contributed by atoms with Crippen LogP contribution in [0.1, 0.15) is 31.6 Å². The summed E-state index contributed by atoms with van der Waals surface area (Å²) < 4.78 is 18.6. The zero-order valence-electron chi connectivity index (χ0n) is 9.69. The number of hydrogen-bond donors (Lipinski definition) is 1. The van der Waals surface area contributed by atoms with E-state index in [0.717, 1.165) is 0 Å². The van der Waals surface area contributed by atoms with Crippen molar-refractivity contribution < 1.29 is 13.9 Å². The van der Waals surface area contributed by atoms with Crippen LogP contribution in [0.3, 0.4) is 0 Å². The lowest BCUT2D eigenvalue weighted by Crippen LogP contribution is -2.10. The first-order valence-electron chi connectivity index (χ1n) is 6.02. The van der Waals surface area contributed by atoms with Crippen molar-refractivity contribution in [2.24, 2.45) is 11.8 Å². The molecule has 0 bridgehead atoms. The topological polar surface area (TPSA) is 33.4 Å². The van der Waals surface area contributed by atoms with Gasteiger partial charge < -0.3 is 9.52 Å². The Labute approximate surface area is 99.1 Å². The van der Waals surface area contributed by atoms with Crippen LogP contribution in [0, 0.1) is 17.7 Å². The summed E-state index contributed by atoms with van der Waals surface area (Å²) in [6, 6.07) is 6.13. The van der Waals surface area contributed by atoms with Gasteiger partial charge in [0.2, 0.25) is 0 Å². The predicted octanol–water partition coefficient (Wildman–Crippen LogP) is 3.65. The molecule has 2 unspecified atom stereocenters. The molecule has 1 fully saturated rings. The van der Waals surface area contributed by atoms with Gasteiger partial charge in [-0.05, 0) is 48.9 Å². The number of furan rings is 1. The average molecular weight is 234 g/mol. The zero-order chi connectivity index (χ0) is 12.0. The molecule has 2 nitrogen and oxygen atoms in total. The minimum Gasteiger partial charge on any atom is -0.458 e. The second-order valence-corrected chi connectivity index (χ2v) is 4.97. The lowest BCUT2D eigenvalue weighted by molar-refractivity contribution is 0.0853. The van der Waals surface area contributed by atoms with Gasteiger partial charge in [-0.2, -0.15) is 0 Å². The minimum absolute atomic E-state index is 0.209. The highest BCUT2D eigenvalue weighted by molar-refractivity contribution is 5.77. The lowest BCUT2D eigenvalue weighted by Gasteiger charge is -2.15. The highest BCUT2D eigenvalue weighted by Gasteiger charge is 2.34. The fourth-order valence-electron chi connectivity index (χ4n) is 2.32. The number of hydrogen-bond acceptors (Lipinski definition) is 2. The summed E-state index contributed by atoms with van der Waals surface area (Å²) in [6.45, 7) is 2.04. The van der Waals surface area contributed by atoms with Gasteiger partial charge in [-0.15, -0.1) is 0 Å². The molecule has 2 atom stereocenters. The second kappa shape index (κ2) is 3.84. The molecule has 3 rings (SSSR count). The van der Waals surface area contributed by atoms with Crippen LogP contribution >= 0.6 is 0 Å². The number of halogens is 1. The van der Waals surface area contributed by atoms with Crippen molar-refractivity contribution in [3.63, 3.8) is 0 Å². The first-order chi connectivity index (χ1) is 8.15. The van der Waals surface area contributed by atoms with Crippen molar-refractivity contribution >= 4 is 11.0 Å². The lowest BCUT2D eigenvalue weighted by atomic mass is 9.97. The van der Waals surface area contributed by atoms with E-state index < -0.39 is 6.10 Å². The van der Waals surface area contributed by atoms with Crippen LogP contribution in [0.4, 0.5) is 4.39 Å². The van der Waals surface area contributed by atoms with Crippen LogP contribution in [-0.4, -0.2) is 5.11 Å². The highest BCUT2D eigenvalue weighted by atomic mass is 19.1. The van der Waals surface area contributed by atoms with Gasteiger partial charge in [-0.1, -0.05) is 6.92 Å². The third-order valence-corrected chi connectivity index (χ3v) is 3.65. The van der Waals surface area contributed by atoms with Gasteiger partial charge in [-0.3, -0.25) is 0 Å². The number of rotatable bonds is 3. The Balaban J connectivity index is 1.94. The SMILES string of the molecule is CC(C1CC1)C(O)c1cc2cc(F)ccc2o1. The van der Waals surface area contributed by atoms with E-state index in [-0.39, 0.29) is 11.7 Å². The molecule has 1 saturated carbocycles. The van der Waals surface area contributed by atoms with E-state index in [1.807, 2.05) is 6.92 Å². The maximum Gasteiger partial charge on any atom is 0.134 e. The van der Waals surface area contributed by atoms with Crippen molar-refractivity contribution in [2.75, 3.05) is 0 Å². The molecule has 90 valence electrons. The molecule has 1 heterocycles. The number of fused-ring (bicyclic) bond motifs is 1. The Kier molecular flexibility index (Phi) is 2.44. The molecule has 0 spiro atoms. The molecule has 3 heteroatoms. The molecule has 1 aromatic carbocycles. The number of benzene rings is 1. The van der Waals surface area contributed by atoms with Crippen molar-refractivity contribution in [3.05, 3.63) is 35.8 Å². The molecule has 0 radical (unpaired) electrons. The summed E-state index contributed by atoms with van der Waals surface area (Å²) in [5.74, 6) is 1.08. The molecule has 1 aliphatic rings. The molecule has 1 N–H and O–H groups in total. The number of aliphatic hydroxyl groups excluding tert-OH is 1. The van der Waals surface area contributed by atoms with E-state index in [1.165, 1.54) is 25.0 Å². The van der Waals surface area contributed by atoms with Gasteiger partial charge in [-0.25, -0.2) is 4.39 Å². The van der Waals surface area contributed by atoms with Crippen LogP contribution in [0.25, 0.3) is 11.0 Å². The second-order valence-electron chi connectivity index (χ2n) is 4.97. The quantitative estimate of drug-likeness (QED) is 0.879. The molecule has 0 saturated heterocycles. The molecule has 0 amide bonds. The van der Waals surface area contributed by atoms with Crippen LogP contribution in [0.2, 0.25) is 0 Å². The average Bonchev–Trinajstić information content (AvgIpc) is 3.07. The molecule has 17 heavy (non-hydrogen) atoms. The predicted molar refractivity (Wildman–Crippen MR) is 63.0 cm³/mol. The van der Waals surface area contributed by atoms with Crippen molar-refractivity contribution in [2.45, 2.75) is 25.9 Å².